The number of aromatic nitrogens is 2. The lowest BCUT2D eigenvalue weighted by atomic mass is 10.1. The Kier molecular flexibility index (Phi) is 1.88. The number of fused-ring (bicyclic) bond motifs is 1. The van der Waals surface area contributed by atoms with E-state index in [0.29, 0.717) is 0 Å². The average molecular weight is 197 g/mol. The molecule has 1 aliphatic heterocycles. The summed E-state index contributed by atoms with van der Waals surface area (Å²) in [6, 6.07) is 6.48. The quantitative estimate of drug-likeness (QED) is 0.760. The zero-order valence-electron chi connectivity index (χ0n) is 8.27. The van der Waals surface area contributed by atoms with E-state index in [-0.39, 0.29) is 0 Å². The van der Waals surface area contributed by atoms with Crippen LogP contribution in [0.1, 0.15) is 5.56 Å². The minimum Gasteiger partial charge on any atom is -0.384 e. The Bertz CT molecular complexity index is 479. The summed E-state index contributed by atoms with van der Waals surface area (Å²) >= 11 is 0. The summed E-state index contributed by atoms with van der Waals surface area (Å²) in [5.74, 6) is 0. The lowest BCUT2D eigenvalue weighted by Crippen LogP contribution is -1.91. The Morgan fingerprint density at radius 2 is 1.93 bits per heavy atom. The molecule has 1 aliphatic rings. The van der Waals surface area contributed by atoms with Crippen LogP contribution in [0.15, 0.2) is 36.9 Å². The van der Waals surface area contributed by atoms with Crippen LogP contribution in [-0.4, -0.2) is 16.5 Å². The number of rotatable bonds is 1. The average Bonchev–Trinajstić information content (AvgIpc) is 2.77. The van der Waals surface area contributed by atoms with Gasteiger partial charge in [0.05, 0.1) is 0 Å². The third-order valence-corrected chi connectivity index (χ3v) is 2.71. The highest BCUT2D eigenvalue weighted by molar-refractivity contribution is 5.70. The van der Waals surface area contributed by atoms with Crippen LogP contribution in [0.5, 0.6) is 0 Å². The molecule has 0 bridgehead atoms. The van der Waals surface area contributed by atoms with Gasteiger partial charge in [0.25, 0.3) is 0 Å². The number of nitrogens with zero attached hydrogens (tertiary/aromatic N) is 2. The van der Waals surface area contributed by atoms with E-state index in [1.807, 2.05) is 12.4 Å². The van der Waals surface area contributed by atoms with E-state index in [1.165, 1.54) is 16.8 Å². The van der Waals surface area contributed by atoms with Crippen molar-refractivity contribution in [1.82, 2.24) is 9.97 Å². The van der Waals surface area contributed by atoms with E-state index in [0.717, 1.165) is 18.5 Å². The van der Waals surface area contributed by atoms with Crippen molar-refractivity contribution in [3.63, 3.8) is 0 Å². The fraction of sp³-hybridized carbons (Fsp3) is 0.167. The van der Waals surface area contributed by atoms with Crippen LogP contribution >= 0.6 is 0 Å². The number of nitrogens with one attached hydrogen (secondary N) is 1. The molecule has 2 heterocycles. The first kappa shape index (κ1) is 8.41. The molecule has 0 unspecified atom stereocenters. The van der Waals surface area contributed by atoms with Crippen molar-refractivity contribution in [2.24, 2.45) is 0 Å². The number of hydrogen-bond acceptors (Lipinski definition) is 3. The molecule has 0 saturated heterocycles. The van der Waals surface area contributed by atoms with Crippen molar-refractivity contribution in [3.8, 4) is 11.1 Å². The highest BCUT2D eigenvalue weighted by Gasteiger charge is 2.10. The van der Waals surface area contributed by atoms with Crippen LogP contribution in [0.4, 0.5) is 5.69 Å². The summed E-state index contributed by atoms with van der Waals surface area (Å²) < 4.78 is 0. The zero-order chi connectivity index (χ0) is 10.1. The van der Waals surface area contributed by atoms with Crippen molar-refractivity contribution < 1.29 is 0 Å². The molecule has 74 valence electrons. The molecular formula is C12H11N3. The largest absolute Gasteiger partial charge is 0.384 e. The minimum atomic E-state index is 1.05. The second-order valence-electron chi connectivity index (χ2n) is 3.68. The van der Waals surface area contributed by atoms with E-state index in [2.05, 4.69) is 33.5 Å². The van der Waals surface area contributed by atoms with Crippen LogP contribution in [0.25, 0.3) is 11.1 Å². The van der Waals surface area contributed by atoms with Crippen LogP contribution in [0.2, 0.25) is 0 Å². The minimum absolute atomic E-state index is 1.05. The van der Waals surface area contributed by atoms with Gasteiger partial charge in [-0.2, -0.15) is 0 Å². The van der Waals surface area contributed by atoms with E-state index in [1.54, 1.807) is 6.33 Å². The molecule has 1 N–H and O–H groups in total. The third-order valence-electron chi connectivity index (χ3n) is 2.71. The molecular weight excluding hydrogens is 186 g/mol. The van der Waals surface area contributed by atoms with Gasteiger partial charge < -0.3 is 5.32 Å². The first-order chi connectivity index (χ1) is 7.43. The molecule has 0 saturated carbocycles. The van der Waals surface area contributed by atoms with E-state index >= 15 is 0 Å². The first-order valence-corrected chi connectivity index (χ1v) is 5.06. The molecule has 0 aliphatic carbocycles. The number of anilines is 1. The molecule has 1 aromatic heterocycles. The Morgan fingerprint density at radius 1 is 1.07 bits per heavy atom. The molecule has 0 radical (unpaired) electrons. The van der Waals surface area contributed by atoms with Gasteiger partial charge in [-0.3, -0.25) is 0 Å². The summed E-state index contributed by atoms with van der Waals surface area (Å²) in [4.78, 5) is 8.05. The summed E-state index contributed by atoms with van der Waals surface area (Å²) in [5, 5.41) is 3.37. The highest BCUT2D eigenvalue weighted by atomic mass is 14.9. The Morgan fingerprint density at radius 3 is 2.80 bits per heavy atom. The van der Waals surface area contributed by atoms with Crippen molar-refractivity contribution in [1.29, 1.82) is 0 Å². The maximum absolute atomic E-state index is 4.02. The van der Waals surface area contributed by atoms with Gasteiger partial charge in [0.1, 0.15) is 6.33 Å². The fourth-order valence-electron chi connectivity index (χ4n) is 1.92. The van der Waals surface area contributed by atoms with Crippen molar-refractivity contribution in [2.75, 3.05) is 11.9 Å². The van der Waals surface area contributed by atoms with E-state index in [9.17, 15) is 0 Å². The van der Waals surface area contributed by atoms with Crippen molar-refractivity contribution in [2.45, 2.75) is 6.42 Å². The van der Waals surface area contributed by atoms with Crippen LogP contribution in [0, 0.1) is 0 Å². The smallest absolute Gasteiger partial charge is 0.115 e. The summed E-state index contributed by atoms with van der Waals surface area (Å²) in [6.07, 6.45) is 6.35. The molecule has 0 amide bonds. The van der Waals surface area contributed by atoms with E-state index in [4.69, 9.17) is 0 Å². The highest BCUT2D eigenvalue weighted by Crippen LogP contribution is 2.27. The SMILES string of the molecule is c1ncc(-c2ccc3c(c2)NCC3)cn1. The van der Waals surface area contributed by atoms with Crippen molar-refractivity contribution in [3.05, 3.63) is 42.5 Å². The predicted octanol–water partition coefficient (Wildman–Crippen LogP) is 2.11. The van der Waals surface area contributed by atoms with Crippen LogP contribution in [0.3, 0.4) is 0 Å². The second kappa shape index (κ2) is 3.35. The van der Waals surface area contributed by atoms with Gasteiger partial charge in [0.15, 0.2) is 0 Å². The molecule has 0 atom stereocenters. The van der Waals surface area contributed by atoms with Gasteiger partial charge in [-0.1, -0.05) is 12.1 Å². The lowest BCUT2D eigenvalue weighted by molar-refractivity contribution is 1.11. The normalized spacial score (nSPS) is 13.3. The van der Waals surface area contributed by atoms with E-state index < -0.39 is 0 Å². The molecule has 1 aromatic carbocycles. The molecule has 0 fully saturated rings. The van der Waals surface area contributed by atoms with Gasteiger partial charge in [-0.25, -0.2) is 9.97 Å². The zero-order valence-corrected chi connectivity index (χ0v) is 8.27. The van der Waals surface area contributed by atoms with Crippen molar-refractivity contribution >= 4 is 5.69 Å². The molecule has 3 rings (SSSR count). The van der Waals surface area contributed by atoms with Crippen LogP contribution in [-0.2, 0) is 6.42 Å². The summed E-state index contributed by atoms with van der Waals surface area (Å²) in [5.41, 5.74) is 4.88. The maximum Gasteiger partial charge on any atom is 0.115 e. The predicted molar refractivity (Wildman–Crippen MR) is 59.7 cm³/mol. The number of benzene rings is 1. The molecule has 3 heteroatoms. The summed E-state index contributed by atoms with van der Waals surface area (Å²) in [6.45, 7) is 1.05. The Labute approximate surface area is 88.2 Å². The Balaban J connectivity index is 2.07. The monoisotopic (exact) mass is 197 g/mol. The molecule has 0 spiro atoms. The first-order valence-electron chi connectivity index (χ1n) is 5.06. The van der Waals surface area contributed by atoms with Crippen LogP contribution < -0.4 is 5.32 Å². The third kappa shape index (κ3) is 1.46. The van der Waals surface area contributed by atoms with Gasteiger partial charge >= 0.3 is 0 Å². The Hall–Kier alpha value is -1.90. The summed E-state index contributed by atoms with van der Waals surface area (Å²) in [7, 11) is 0. The molecule has 15 heavy (non-hydrogen) atoms. The van der Waals surface area contributed by atoms with Gasteiger partial charge in [-0.05, 0) is 23.6 Å². The van der Waals surface area contributed by atoms with Gasteiger partial charge in [0.2, 0.25) is 0 Å². The molecule has 3 nitrogen and oxygen atoms in total. The maximum atomic E-state index is 4.02. The van der Waals surface area contributed by atoms with Gasteiger partial charge in [-0.15, -0.1) is 0 Å². The fourth-order valence-corrected chi connectivity index (χ4v) is 1.92. The second-order valence-corrected chi connectivity index (χ2v) is 3.68. The topological polar surface area (TPSA) is 37.8 Å². The number of hydrogen-bond donors (Lipinski definition) is 1. The van der Waals surface area contributed by atoms with Gasteiger partial charge in [0, 0.05) is 30.2 Å². The standard InChI is InChI=1S/C12H11N3/c1-2-10(11-6-13-8-14-7-11)5-12-9(1)3-4-15-12/h1-2,5-8,15H,3-4H2. The molecule has 2 aromatic rings. The lowest BCUT2D eigenvalue weighted by Gasteiger charge is -2.04.